The maximum atomic E-state index is 14.0. The highest BCUT2D eigenvalue weighted by molar-refractivity contribution is 6.08. The summed E-state index contributed by atoms with van der Waals surface area (Å²) < 4.78 is 0. The number of benzene rings is 3. The van der Waals surface area contributed by atoms with Crippen molar-refractivity contribution in [3.05, 3.63) is 108 Å². The first-order valence-corrected chi connectivity index (χ1v) is 15.6. The molecule has 2 heterocycles. The summed E-state index contributed by atoms with van der Waals surface area (Å²) >= 11 is 0. The van der Waals surface area contributed by atoms with Gasteiger partial charge in [0.2, 0.25) is 11.8 Å². The average Bonchev–Trinajstić information content (AvgIpc) is 3.27. The van der Waals surface area contributed by atoms with Gasteiger partial charge in [-0.3, -0.25) is 14.4 Å². The van der Waals surface area contributed by atoms with E-state index in [9.17, 15) is 24.6 Å². The number of fused-ring (bicyclic) bond motifs is 1. The minimum atomic E-state index is -1.91. The highest BCUT2D eigenvalue weighted by atomic mass is 16.3. The highest BCUT2D eigenvalue weighted by Gasteiger charge is 2.52. The van der Waals surface area contributed by atoms with E-state index in [1.807, 2.05) is 60.7 Å². The Hall–Kier alpha value is -4.31. The van der Waals surface area contributed by atoms with Gasteiger partial charge in [0.05, 0.1) is 24.8 Å². The summed E-state index contributed by atoms with van der Waals surface area (Å²) in [5.41, 5.74) is 1.48. The first kappa shape index (κ1) is 32.1. The third-order valence-corrected chi connectivity index (χ3v) is 8.70. The number of nitrogens with zero attached hydrogens (tertiary/aromatic N) is 2. The number of aliphatic hydroxyl groups excluding tert-OH is 1. The van der Waals surface area contributed by atoms with Gasteiger partial charge < -0.3 is 30.6 Å². The van der Waals surface area contributed by atoms with Gasteiger partial charge in [-0.15, -0.1) is 0 Å². The first-order chi connectivity index (χ1) is 21.8. The number of carbonyl (C=O) groups excluding carboxylic acids is 3. The summed E-state index contributed by atoms with van der Waals surface area (Å²) in [6, 6.07) is 24.4. The van der Waals surface area contributed by atoms with Crippen LogP contribution in [-0.2, 0) is 33.1 Å². The molecule has 45 heavy (non-hydrogen) atoms. The molecule has 3 aromatic rings. The van der Waals surface area contributed by atoms with E-state index >= 15 is 0 Å². The molecule has 9 heteroatoms. The number of anilines is 2. The van der Waals surface area contributed by atoms with Crippen LogP contribution in [0.4, 0.5) is 11.4 Å². The minimum Gasteiger partial charge on any atom is -0.395 e. The molecule has 0 aliphatic carbocycles. The molecule has 1 unspecified atom stereocenters. The lowest BCUT2D eigenvalue weighted by Gasteiger charge is -2.28. The van der Waals surface area contributed by atoms with Crippen LogP contribution in [0.1, 0.15) is 42.9 Å². The SMILES string of the molecule is C[C@H](/C=C/CC(=O)N(CCO)Cc1ccccc1)[C@@]1(O)C(=O)N(Cc2ccccc2)c2ccc(NC(=O)C3CCCNC3)cc21. The van der Waals surface area contributed by atoms with Crippen molar-refractivity contribution in [2.45, 2.75) is 44.9 Å². The molecule has 2 aliphatic rings. The Morgan fingerprint density at radius 1 is 1.09 bits per heavy atom. The van der Waals surface area contributed by atoms with Crippen molar-refractivity contribution in [1.29, 1.82) is 0 Å². The van der Waals surface area contributed by atoms with Crippen LogP contribution in [0.2, 0.25) is 0 Å². The molecule has 4 N–H and O–H groups in total. The summed E-state index contributed by atoms with van der Waals surface area (Å²) in [6.45, 7) is 3.97. The van der Waals surface area contributed by atoms with Gasteiger partial charge >= 0.3 is 0 Å². The summed E-state index contributed by atoms with van der Waals surface area (Å²) in [7, 11) is 0. The predicted octanol–water partition coefficient (Wildman–Crippen LogP) is 3.96. The van der Waals surface area contributed by atoms with Crippen molar-refractivity contribution in [1.82, 2.24) is 10.2 Å². The lowest BCUT2D eigenvalue weighted by Crippen LogP contribution is -2.44. The average molecular weight is 611 g/mol. The van der Waals surface area contributed by atoms with Gasteiger partial charge in [-0.2, -0.15) is 0 Å². The lowest BCUT2D eigenvalue weighted by molar-refractivity contribution is -0.139. The monoisotopic (exact) mass is 610 g/mol. The van der Waals surface area contributed by atoms with E-state index < -0.39 is 17.4 Å². The zero-order chi connectivity index (χ0) is 31.8. The van der Waals surface area contributed by atoms with E-state index in [4.69, 9.17) is 0 Å². The molecule has 0 aromatic heterocycles. The van der Waals surface area contributed by atoms with Crippen LogP contribution in [0, 0.1) is 11.8 Å². The number of piperidine rings is 1. The molecule has 236 valence electrons. The molecular formula is C36H42N4O5. The first-order valence-electron chi connectivity index (χ1n) is 15.6. The lowest BCUT2D eigenvalue weighted by atomic mass is 9.82. The molecule has 0 radical (unpaired) electrons. The van der Waals surface area contributed by atoms with Gasteiger partial charge in [0.1, 0.15) is 0 Å². The number of rotatable bonds is 12. The Morgan fingerprint density at radius 3 is 2.47 bits per heavy atom. The van der Waals surface area contributed by atoms with Gasteiger partial charge in [0.15, 0.2) is 5.60 Å². The van der Waals surface area contributed by atoms with Crippen LogP contribution < -0.4 is 15.5 Å². The fourth-order valence-corrected chi connectivity index (χ4v) is 6.13. The number of hydrogen-bond acceptors (Lipinski definition) is 6. The van der Waals surface area contributed by atoms with Gasteiger partial charge in [0, 0.05) is 43.2 Å². The van der Waals surface area contributed by atoms with Gasteiger partial charge in [0.25, 0.3) is 5.91 Å². The van der Waals surface area contributed by atoms with E-state index in [0.717, 1.165) is 30.5 Å². The summed E-state index contributed by atoms with van der Waals surface area (Å²) in [6.07, 6.45) is 5.16. The molecule has 9 nitrogen and oxygen atoms in total. The quantitative estimate of drug-likeness (QED) is 0.230. The maximum Gasteiger partial charge on any atom is 0.264 e. The standard InChI is InChI=1S/C36H42N4O5/c1-26(10-8-16-33(42)39(20-21-41)24-27-11-4-2-5-12-27)36(45)31-22-30(38-34(43)29-15-9-19-37-23-29)17-18-32(31)40(35(36)44)25-28-13-6-3-7-14-28/h2-8,10-14,17-18,22,26,29,37,41,45H,9,15-16,19-21,23-25H2,1H3,(H,38,43)/b10-8+/t26-,29?,36+/m1/s1. The summed E-state index contributed by atoms with van der Waals surface area (Å²) in [5, 5.41) is 28.0. The molecule has 3 aromatic carbocycles. The topological polar surface area (TPSA) is 122 Å². The smallest absolute Gasteiger partial charge is 0.264 e. The number of carbonyl (C=O) groups is 3. The third kappa shape index (κ3) is 7.33. The highest BCUT2D eigenvalue weighted by Crippen LogP contribution is 2.47. The second kappa shape index (κ2) is 14.6. The van der Waals surface area contributed by atoms with Crippen LogP contribution >= 0.6 is 0 Å². The molecule has 3 atom stereocenters. The van der Waals surface area contributed by atoms with Crippen molar-refractivity contribution in [2.75, 3.05) is 36.5 Å². The Balaban J connectivity index is 1.37. The molecule has 5 rings (SSSR count). The molecule has 3 amide bonds. The van der Waals surface area contributed by atoms with E-state index in [0.29, 0.717) is 30.0 Å². The number of nitrogens with one attached hydrogen (secondary N) is 2. The number of hydrogen-bond donors (Lipinski definition) is 4. The molecule has 1 saturated heterocycles. The predicted molar refractivity (Wildman–Crippen MR) is 174 cm³/mol. The van der Waals surface area contributed by atoms with Gasteiger partial charge in [-0.25, -0.2) is 0 Å². The Morgan fingerprint density at radius 2 is 1.80 bits per heavy atom. The Kier molecular flexibility index (Phi) is 10.4. The second-order valence-electron chi connectivity index (χ2n) is 11.9. The molecule has 0 saturated carbocycles. The van der Waals surface area contributed by atoms with E-state index in [1.165, 1.54) is 0 Å². The van der Waals surface area contributed by atoms with Crippen molar-refractivity contribution >= 4 is 29.1 Å². The summed E-state index contributed by atoms with van der Waals surface area (Å²) in [5.74, 6) is -1.56. The molecular weight excluding hydrogens is 568 g/mol. The van der Waals surface area contributed by atoms with Crippen LogP contribution in [-0.4, -0.2) is 59.1 Å². The van der Waals surface area contributed by atoms with Gasteiger partial charge in [-0.05, 0) is 48.7 Å². The number of aliphatic hydroxyl groups is 2. The zero-order valence-electron chi connectivity index (χ0n) is 25.7. The summed E-state index contributed by atoms with van der Waals surface area (Å²) in [4.78, 5) is 43.3. The van der Waals surface area contributed by atoms with Crippen molar-refractivity contribution in [3.8, 4) is 0 Å². The minimum absolute atomic E-state index is 0.0492. The van der Waals surface area contributed by atoms with E-state index in [1.54, 1.807) is 47.1 Å². The second-order valence-corrected chi connectivity index (χ2v) is 11.9. The van der Waals surface area contributed by atoms with Crippen LogP contribution in [0.15, 0.2) is 91.0 Å². The Bertz CT molecular complexity index is 1510. The largest absolute Gasteiger partial charge is 0.395 e. The van der Waals surface area contributed by atoms with E-state index in [2.05, 4.69) is 10.6 Å². The molecule has 1 fully saturated rings. The van der Waals surface area contributed by atoms with Crippen molar-refractivity contribution in [2.24, 2.45) is 11.8 Å². The molecule has 2 aliphatic heterocycles. The number of amides is 3. The fourth-order valence-electron chi connectivity index (χ4n) is 6.13. The van der Waals surface area contributed by atoms with E-state index in [-0.39, 0.29) is 43.8 Å². The zero-order valence-corrected chi connectivity index (χ0v) is 25.7. The van der Waals surface area contributed by atoms with Gasteiger partial charge in [-0.1, -0.05) is 79.7 Å². The maximum absolute atomic E-state index is 14.0. The van der Waals surface area contributed by atoms with Crippen LogP contribution in [0.25, 0.3) is 0 Å². The van der Waals surface area contributed by atoms with Crippen LogP contribution in [0.3, 0.4) is 0 Å². The third-order valence-electron chi connectivity index (χ3n) is 8.70. The van der Waals surface area contributed by atoms with Crippen molar-refractivity contribution in [3.63, 3.8) is 0 Å². The Labute approximate surface area is 264 Å². The molecule has 0 bridgehead atoms. The normalized spacial score (nSPS) is 20.2. The molecule has 0 spiro atoms. The van der Waals surface area contributed by atoms with Crippen molar-refractivity contribution < 1.29 is 24.6 Å². The fraction of sp³-hybridized carbons (Fsp3) is 0.361. The van der Waals surface area contributed by atoms with Crippen LogP contribution in [0.5, 0.6) is 0 Å².